The first kappa shape index (κ1) is 17.1. The second-order valence-electron chi connectivity index (χ2n) is 6.23. The smallest absolute Gasteiger partial charge is 0.315 e. The number of rotatable bonds is 5. The van der Waals surface area contributed by atoms with Crippen molar-refractivity contribution in [3.8, 4) is 0 Å². The van der Waals surface area contributed by atoms with Gasteiger partial charge in [-0.05, 0) is 43.0 Å². The molecular formula is C19H25N5O. The van der Waals surface area contributed by atoms with Gasteiger partial charge in [-0.2, -0.15) is 0 Å². The summed E-state index contributed by atoms with van der Waals surface area (Å²) in [6.45, 7) is 5.21. The molecule has 0 fully saturated rings. The summed E-state index contributed by atoms with van der Waals surface area (Å²) in [7, 11) is 0. The van der Waals surface area contributed by atoms with E-state index in [9.17, 15) is 4.79 Å². The average Bonchev–Trinajstić information content (AvgIpc) is 2.65. The molecule has 4 N–H and O–H groups in total. The minimum absolute atomic E-state index is 0.212. The Kier molecular flexibility index (Phi) is 5.38. The molecular weight excluding hydrogens is 314 g/mol. The van der Waals surface area contributed by atoms with E-state index in [1.54, 1.807) is 12.3 Å². The second kappa shape index (κ2) is 7.88. The van der Waals surface area contributed by atoms with Crippen molar-refractivity contribution in [2.75, 3.05) is 23.7 Å². The predicted octanol–water partition coefficient (Wildman–Crippen LogP) is 2.44. The van der Waals surface area contributed by atoms with Crippen LogP contribution >= 0.6 is 0 Å². The van der Waals surface area contributed by atoms with Gasteiger partial charge in [-0.25, -0.2) is 9.78 Å². The summed E-state index contributed by atoms with van der Waals surface area (Å²) in [6.07, 6.45) is 3.92. The van der Waals surface area contributed by atoms with Crippen molar-refractivity contribution in [3.05, 3.63) is 53.2 Å². The minimum Gasteiger partial charge on any atom is -0.383 e. The third kappa shape index (κ3) is 4.21. The minimum atomic E-state index is -0.212. The van der Waals surface area contributed by atoms with Crippen LogP contribution in [0.15, 0.2) is 36.5 Å². The first-order valence-electron chi connectivity index (χ1n) is 8.75. The van der Waals surface area contributed by atoms with Crippen LogP contribution in [-0.4, -0.2) is 24.1 Å². The number of nitrogen functional groups attached to an aromatic ring is 1. The monoisotopic (exact) mass is 339 g/mol. The number of urea groups is 1. The first-order chi connectivity index (χ1) is 12.2. The highest BCUT2D eigenvalue weighted by Crippen LogP contribution is 2.27. The molecule has 132 valence electrons. The van der Waals surface area contributed by atoms with Crippen LogP contribution in [-0.2, 0) is 19.5 Å². The van der Waals surface area contributed by atoms with E-state index in [0.717, 1.165) is 30.6 Å². The van der Waals surface area contributed by atoms with Crippen LogP contribution < -0.4 is 21.3 Å². The second-order valence-corrected chi connectivity index (χ2v) is 6.23. The number of anilines is 2. The number of aryl methyl sites for hydroxylation is 1. The maximum absolute atomic E-state index is 12.0. The number of benzene rings is 1. The van der Waals surface area contributed by atoms with Crippen molar-refractivity contribution < 1.29 is 4.79 Å². The first-order valence-corrected chi connectivity index (χ1v) is 8.75. The summed E-state index contributed by atoms with van der Waals surface area (Å²) in [5.41, 5.74) is 10.4. The van der Waals surface area contributed by atoms with Gasteiger partial charge in [0.05, 0.1) is 0 Å². The summed E-state index contributed by atoms with van der Waals surface area (Å²) < 4.78 is 0. The third-order valence-corrected chi connectivity index (χ3v) is 4.56. The number of pyridine rings is 1. The highest BCUT2D eigenvalue weighted by atomic mass is 16.2. The highest BCUT2D eigenvalue weighted by molar-refractivity contribution is 5.74. The van der Waals surface area contributed by atoms with E-state index in [0.29, 0.717) is 18.9 Å². The maximum atomic E-state index is 12.0. The summed E-state index contributed by atoms with van der Waals surface area (Å²) in [5, 5.41) is 5.71. The number of nitrogens with two attached hydrogens (primary N) is 1. The third-order valence-electron chi connectivity index (χ3n) is 4.56. The van der Waals surface area contributed by atoms with Crippen molar-refractivity contribution in [2.24, 2.45) is 0 Å². The van der Waals surface area contributed by atoms with Crippen LogP contribution in [0.25, 0.3) is 0 Å². The molecule has 0 unspecified atom stereocenters. The van der Waals surface area contributed by atoms with Crippen LogP contribution in [0.5, 0.6) is 0 Å². The van der Waals surface area contributed by atoms with Crippen molar-refractivity contribution in [1.82, 2.24) is 15.6 Å². The van der Waals surface area contributed by atoms with Gasteiger partial charge >= 0.3 is 6.03 Å². The summed E-state index contributed by atoms with van der Waals surface area (Å²) in [4.78, 5) is 18.4. The molecule has 1 aromatic carbocycles. The van der Waals surface area contributed by atoms with Crippen molar-refractivity contribution in [3.63, 3.8) is 0 Å². The fourth-order valence-electron chi connectivity index (χ4n) is 3.19. The van der Waals surface area contributed by atoms with Gasteiger partial charge in [0.15, 0.2) is 0 Å². The van der Waals surface area contributed by atoms with E-state index in [4.69, 9.17) is 5.73 Å². The highest BCUT2D eigenvalue weighted by Gasteiger charge is 2.15. The van der Waals surface area contributed by atoms with Crippen LogP contribution in [0, 0.1) is 0 Å². The van der Waals surface area contributed by atoms with Gasteiger partial charge in [0.1, 0.15) is 5.82 Å². The summed E-state index contributed by atoms with van der Waals surface area (Å²) >= 11 is 0. The van der Waals surface area contributed by atoms with Crippen molar-refractivity contribution >= 4 is 17.5 Å². The number of nitrogens with zero attached hydrogens (tertiary/aromatic N) is 2. The molecule has 0 atom stereocenters. The van der Waals surface area contributed by atoms with Crippen LogP contribution in [0.2, 0.25) is 0 Å². The van der Waals surface area contributed by atoms with E-state index in [1.807, 2.05) is 6.07 Å². The number of carbonyl (C=O) groups is 1. The molecule has 0 saturated carbocycles. The SMILES string of the molecule is CCN1CCCc2cc(CNC(=O)NCc3cccnc3N)ccc21. The van der Waals surface area contributed by atoms with Gasteiger partial charge in [0.2, 0.25) is 0 Å². The Morgan fingerprint density at radius 1 is 1.28 bits per heavy atom. The number of hydrogen-bond donors (Lipinski definition) is 3. The fraction of sp³-hybridized carbons (Fsp3) is 0.368. The van der Waals surface area contributed by atoms with Crippen molar-refractivity contribution in [2.45, 2.75) is 32.9 Å². The molecule has 0 radical (unpaired) electrons. The molecule has 0 bridgehead atoms. The van der Waals surface area contributed by atoms with Crippen LogP contribution in [0.3, 0.4) is 0 Å². The summed E-state index contributed by atoms with van der Waals surface area (Å²) in [5.74, 6) is 0.443. The Labute approximate surface area is 148 Å². The zero-order chi connectivity index (χ0) is 17.6. The van der Waals surface area contributed by atoms with Gasteiger partial charge in [0.25, 0.3) is 0 Å². The molecule has 1 aliphatic heterocycles. The number of carbonyl (C=O) groups excluding carboxylic acids is 1. The van der Waals surface area contributed by atoms with Gasteiger partial charge in [-0.1, -0.05) is 18.2 Å². The van der Waals surface area contributed by atoms with Crippen LogP contribution in [0.4, 0.5) is 16.3 Å². The van der Waals surface area contributed by atoms with Gasteiger partial charge in [-0.3, -0.25) is 0 Å². The Morgan fingerprint density at radius 3 is 2.92 bits per heavy atom. The maximum Gasteiger partial charge on any atom is 0.315 e. The van der Waals surface area contributed by atoms with E-state index in [-0.39, 0.29) is 6.03 Å². The van der Waals surface area contributed by atoms with Crippen molar-refractivity contribution in [1.29, 1.82) is 0 Å². The molecule has 1 aromatic heterocycles. The molecule has 0 aliphatic carbocycles. The van der Waals surface area contributed by atoms with Gasteiger partial charge in [-0.15, -0.1) is 0 Å². The molecule has 2 heterocycles. The molecule has 3 rings (SSSR count). The van der Waals surface area contributed by atoms with E-state index >= 15 is 0 Å². The lowest BCUT2D eigenvalue weighted by molar-refractivity contribution is 0.240. The zero-order valence-electron chi connectivity index (χ0n) is 14.6. The molecule has 2 amide bonds. The Morgan fingerprint density at radius 2 is 2.12 bits per heavy atom. The van der Waals surface area contributed by atoms with Crippen LogP contribution in [0.1, 0.15) is 30.0 Å². The van der Waals surface area contributed by atoms with Gasteiger partial charge < -0.3 is 21.3 Å². The Bertz CT molecular complexity index is 746. The largest absolute Gasteiger partial charge is 0.383 e. The van der Waals surface area contributed by atoms with E-state index < -0.39 is 0 Å². The molecule has 6 heteroatoms. The molecule has 25 heavy (non-hydrogen) atoms. The molecule has 2 aromatic rings. The standard InChI is InChI=1S/C19H25N5O/c1-2-24-10-4-6-15-11-14(7-8-17(15)24)12-22-19(25)23-13-16-5-3-9-21-18(16)20/h3,5,7-9,11H,2,4,6,10,12-13H2,1H3,(H2,20,21)(H2,22,23,25). The molecule has 1 aliphatic rings. The molecule has 6 nitrogen and oxygen atoms in total. The lowest BCUT2D eigenvalue weighted by atomic mass is 9.99. The lowest BCUT2D eigenvalue weighted by Gasteiger charge is -2.30. The number of amides is 2. The number of fused-ring (bicyclic) bond motifs is 1. The van der Waals surface area contributed by atoms with E-state index in [1.165, 1.54) is 17.7 Å². The number of hydrogen-bond acceptors (Lipinski definition) is 4. The van der Waals surface area contributed by atoms with Gasteiger partial charge in [0, 0.05) is 43.6 Å². The normalized spacial score (nSPS) is 13.2. The Balaban J connectivity index is 1.53. The molecule has 0 spiro atoms. The Hall–Kier alpha value is -2.76. The summed E-state index contributed by atoms with van der Waals surface area (Å²) in [6, 6.07) is 9.91. The average molecular weight is 339 g/mol. The quantitative estimate of drug-likeness (QED) is 0.781. The predicted molar refractivity (Wildman–Crippen MR) is 100 cm³/mol. The fourth-order valence-corrected chi connectivity index (χ4v) is 3.19. The zero-order valence-corrected chi connectivity index (χ0v) is 14.6. The lowest BCUT2D eigenvalue weighted by Crippen LogP contribution is -2.35. The topological polar surface area (TPSA) is 83.3 Å². The van der Waals surface area contributed by atoms with E-state index in [2.05, 4.69) is 45.6 Å². The molecule has 0 saturated heterocycles. The number of nitrogens with one attached hydrogen (secondary N) is 2. The number of aromatic nitrogens is 1.